The first-order valence-corrected chi connectivity index (χ1v) is 8.86. The molecular formula is C22H21N5O. The second kappa shape index (κ2) is 7.89. The van der Waals surface area contributed by atoms with E-state index in [1.165, 1.54) is 18.0 Å². The van der Waals surface area contributed by atoms with Crippen molar-refractivity contribution in [3.63, 3.8) is 0 Å². The van der Waals surface area contributed by atoms with Crippen molar-refractivity contribution in [2.75, 3.05) is 10.6 Å². The lowest BCUT2D eigenvalue weighted by atomic mass is 9.87. The van der Waals surface area contributed by atoms with Crippen LogP contribution in [-0.2, 0) is 5.41 Å². The van der Waals surface area contributed by atoms with Gasteiger partial charge in [-0.15, -0.1) is 0 Å². The standard InChI is InChI=1S/C22H21N5O/c1-22(2,3)17-6-10-19(11-7-17)27-21-24-13-16(14-25-21)20(28)26-18-8-4-15(12-23)5-9-18/h4-11,13-14H,1-3H3,(H,26,28)(H,24,25,27). The lowest BCUT2D eigenvalue weighted by Gasteiger charge is -2.19. The van der Waals surface area contributed by atoms with Crippen LogP contribution in [0, 0.1) is 11.3 Å². The normalized spacial score (nSPS) is 10.8. The van der Waals surface area contributed by atoms with Crippen LogP contribution in [0.4, 0.5) is 17.3 Å². The number of nitriles is 1. The molecule has 1 amide bonds. The monoisotopic (exact) mass is 371 g/mol. The van der Waals surface area contributed by atoms with Crippen molar-refractivity contribution in [1.29, 1.82) is 5.26 Å². The maximum atomic E-state index is 12.3. The van der Waals surface area contributed by atoms with Gasteiger partial charge in [0.15, 0.2) is 0 Å². The van der Waals surface area contributed by atoms with Crippen LogP contribution in [0.3, 0.4) is 0 Å². The quantitative estimate of drug-likeness (QED) is 0.697. The summed E-state index contributed by atoms with van der Waals surface area (Å²) in [6, 6.07) is 16.8. The van der Waals surface area contributed by atoms with E-state index in [2.05, 4.69) is 53.5 Å². The molecule has 0 aliphatic carbocycles. The van der Waals surface area contributed by atoms with E-state index in [1.54, 1.807) is 24.3 Å². The predicted molar refractivity (Wildman–Crippen MR) is 110 cm³/mol. The molecule has 0 aliphatic rings. The Morgan fingerprint density at radius 2 is 1.50 bits per heavy atom. The Hall–Kier alpha value is -3.72. The number of hydrogen-bond donors (Lipinski definition) is 2. The van der Waals surface area contributed by atoms with Crippen molar-refractivity contribution in [2.45, 2.75) is 26.2 Å². The van der Waals surface area contributed by atoms with E-state index in [4.69, 9.17) is 5.26 Å². The van der Waals surface area contributed by atoms with Gasteiger partial charge in [-0.1, -0.05) is 32.9 Å². The van der Waals surface area contributed by atoms with Crippen LogP contribution in [0.25, 0.3) is 0 Å². The zero-order valence-electron chi connectivity index (χ0n) is 16.0. The molecule has 2 N–H and O–H groups in total. The molecule has 0 fully saturated rings. The smallest absolute Gasteiger partial charge is 0.258 e. The van der Waals surface area contributed by atoms with Gasteiger partial charge in [0, 0.05) is 23.8 Å². The van der Waals surface area contributed by atoms with Gasteiger partial charge in [-0.3, -0.25) is 4.79 Å². The minimum absolute atomic E-state index is 0.0962. The lowest BCUT2D eigenvalue weighted by Crippen LogP contribution is -2.13. The molecule has 2 aromatic carbocycles. The van der Waals surface area contributed by atoms with Crippen molar-refractivity contribution in [2.24, 2.45) is 0 Å². The zero-order valence-corrected chi connectivity index (χ0v) is 16.0. The topological polar surface area (TPSA) is 90.7 Å². The van der Waals surface area contributed by atoms with Crippen molar-refractivity contribution in [1.82, 2.24) is 9.97 Å². The van der Waals surface area contributed by atoms with Crippen LogP contribution in [-0.4, -0.2) is 15.9 Å². The van der Waals surface area contributed by atoms with Crippen molar-refractivity contribution >= 4 is 23.2 Å². The summed E-state index contributed by atoms with van der Waals surface area (Å²) in [5, 5.41) is 14.7. The molecule has 0 radical (unpaired) electrons. The minimum atomic E-state index is -0.314. The summed E-state index contributed by atoms with van der Waals surface area (Å²) in [4.78, 5) is 20.7. The van der Waals surface area contributed by atoms with E-state index >= 15 is 0 Å². The maximum absolute atomic E-state index is 12.3. The molecule has 1 heterocycles. The lowest BCUT2D eigenvalue weighted by molar-refractivity contribution is 0.102. The summed E-state index contributed by atoms with van der Waals surface area (Å²) in [6.45, 7) is 6.50. The van der Waals surface area contributed by atoms with E-state index in [-0.39, 0.29) is 11.3 Å². The number of hydrogen-bond acceptors (Lipinski definition) is 5. The van der Waals surface area contributed by atoms with E-state index in [0.717, 1.165) is 5.69 Å². The SMILES string of the molecule is CC(C)(C)c1ccc(Nc2ncc(C(=O)Nc3ccc(C#N)cc3)cn2)cc1. The van der Waals surface area contributed by atoms with Crippen molar-refractivity contribution < 1.29 is 4.79 Å². The number of carbonyl (C=O) groups excluding carboxylic acids is 1. The van der Waals surface area contributed by atoms with E-state index in [1.807, 2.05) is 18.2 Å². The number of nitrogens with one attached hydrogen (secondary N) is 2. The largest absolute Gasteiger partial charge is 0.324 e. The van der Waals surface area contributed by atoms with Gasteiger partial charge in [0.05, 0.1) is 17.2 Å². The van der Waals surface area contributed by atoms with Crippen LogP contribution in [0.5, 0.6) is 0 Å². The van der Waals surface area contributed by atoms with Crippen molar-refractivity contribution in [3.05, 3.63) is 77.6 Å². The molecule has 0 saturated heterocycles. The molecule has 140 valence electrons. The molecule has 3 aromatic rings. The predicted octanol–water partition coefficient (Wildman–Crippen LogP) is 4.64. The fraction of sp³-hybridized carbons (Fsp3) is 0.182. The average molecular weight is 371 g/mol. The number of rotatable bonds is 4. The Morgan fingerprint density at radius 1 is 0.929 bits per heavy atom. The summed E-state index contributed by atoms with van der Waals surface area (Å²) < 4.78 is 0. The molecule has 28 heavy (non-hydrogen) atoms. The molecule has 0 bridgehead atoms. The number of amides is 1. The molecule has 6 nitrogen and oxygen atoms in total. The first-order chi connectivity index (χ1) is 13.3. The number of aromatic nitrogens is 2. The summed E-state index contributed by atoms with van der Waals surface area (Å²) in [7, 11) is 0. The number of nitrogens with zero attached hydrogens (tertiary/aromatic N) is 3. The molecular weight excluding hydrogens is 350 g/mol. The van der Waals surface area contributed by atoms with Gasteiger partial charge in [0.2, 0.25) is 5.95 Å². The fourth-order valence-electron chi connectivity index (χ4n) is 2.52. The minimum Gasteiger partial charge on any atom is -0.324 e. The first kappa shape index (κ1) is 19.1. The van der Waals surface area contributed by atoms with Gasteiger partial charge in [0.1, 0.15) is 0 Å². The highest BCUT2D eigenvalue weighted by Gasteiger charge is 2.13. The van der Waals surface area contributed by atoms with E-state index in [9.17, 15) is 4.79 Å². The van der Waals surface area contributed by atoms with Crippen LogP contribution in [0.15, 0.2) is 60.9 Å². The Balaban J connectivity index is 1.64. The number of benzene rings is 2. The van der Waals surface area contributed by atoms with Gasteiger partial charge >= 0.3 is 0 Å². The van der Waals surface area contributed by atoms with Crippen LogP contribution in [0.2, 0.25) is 0 Å². The third kappa shape index (κ3) is 4.71. The Morgan fingerprint density at radius 3 is 2.04 bits per heavy atom. The third-order valence-electron chi connectivity index (χ3n) is 4.19. The highest BCUT2D eigenvalue weighted by atomic mass is 16.1. The molecule has 0 spiro atoms. The van der Waals surface area contributed by atoms with E-state index < -0.39 is 0 Å². The summed E-state index contributed by atoms with van der Waals surface area (Å²) in [5.41, 5.74) is 3.70. The summed E-state index contributed by atoms with van der Waals surface area (Å²) in [6.07, 6.45) is 2.94. The summed E-state index contributed by atoms with van der Waals surface area (Å²) >= 11 is 0. The molecule has 0 atom stereocenters. The molecule has 1 aromatic heterocycles. The van der Waals surface area contributed by atoms with Crippen LogP contribution in [0.1, 0.15) is 42.3 Å². The molecule has 0 saturated carbocycles. The van der Waals surface area contributed by atoms with Gasteiger partial charge in [0.25, 0.3) is 5.91 Å². The number of carbonyl (C=O) groups is 1. The van der Waals surface area contributed by atoms with Gasteiger partial charge in [-0.2, -0.15) is 5.26 Å². The average Bonchev–Trinajstić information content (AvgIpc) is 2.69. The van der Waals surface area contributed by atoms with E-state index in [0.29, 0.717) is 22.8 Å². The van der Waals surface area contributed by atoms with Crippen molar-refractivity contribution in [3.8, 4) is 6.07 Å². The van der Waals surface area contributed by atoms with Gasteiger partial charge < -0.3 is 10.6 Å². The van der Waals surface area contributed by atoms with Gasteiger partial charge in [-0.05, 0) is 47.4 Å². The molecule has 0 aliphatic heterocycles. The Bertz CT molecular complexity index is 995. The zero-order chi connectivity index (χ0) is 20.1. The third-order valence-corrected chi connectivity index (χ3v) is 4.19. The van der Waals surface area contributed by atoms with Crippen LogP contribution < -0.4 is 10.6 Å². The van der Waals surface area contributed by atoms with Crippen LogP contribution >= 0.6 is 0 Å². The number of anilines is 3. The van der Waals surface area contributed by atoms with Gasteiger partial charge in [-0.25, -0.2) is 9.97 Å². The molecule has 3 rings (SSSR count). The highest BCUT2D eigenvalue weighted by Crippen LogP contribution is 2.24. The summed E-state index contributed by atoms with van der Waals surface area (Å²) in [5.74, 6) is 0.101. The maximum Gasteiger partial charge on any atom is 0.258 e. The highest BCUT2D eigenvalue weighted by molar-refractivity contribution is 6.03. The Labute approximate surface area is 164 Å². The Kier molecular flexibility index (Phi) is 5.37. The second-order valence-electron chi connectivity index (χ2n) is 7.39. The first-order valence-electron chi connectivity index (χ1n) is 8.86. The molecule has 0 unspecified atom stereocenters. The fourth-order valence-corrected chi connectivity index (χ4v) is 2.52. The second-order valence-corrected chi connectivity index (χ2v) is 7.39. The molecule has 6 heteroatoms.